The van der Waals surface area contributed by atoms with Crippen molar-refractivity contribution in [2.45, 2.75) is 0 Å². The number of carbonyl (C=O) groups is 3. The fourth-order valence-corrected chi connectivity index (χ4v) is 2.10. The van der Waals surface area contributed by atoms with Crippen molar-refractivity contribution < 1.29 is 19.2 Å². The molecule has 0 fully saturated rings. The SMILES string of the molecule is Cn1ncc(C(=O)ON2C(=O)c3ccccc3C2=O)c1C#N. The second kappa shape index (κ2) is 4.82. The third-order valence-corrected chi connectivity index (χ3v) is 3.20. The molecular formula is C14H8N4O4. The molecule has 0 unspecified atom stereocenters. The number of aromatic nitrogens is 2. The molecule has 2 heterocycles. The third-order valence-electron chi connectivity index (χ3n) is 3.20. The first-order valence-corrected chi connectivity index (χ1v) is 6.16. The van der Waals surface area contributed by atoms with Gasteiger partial charge in [0.05, 0.1) is 17.3 Å². The molecule has 2 amide bonds. The molecule has 1 aliphatic rings. The molecule has 108 valence electrons. The van der Waals surface area contributed by atoms with Crippen molar-refractivity contribution in [2.24, 2.45) is 7.05 Å². The van der Waals surface area contributed by atoms with E-state index in [0.717, 1.165) is 6.20 Å². The number of nitrogens with zero attached hydrogens (tertiary/aromatic N) is 4. The second-order valence-electron chi connectivity index (χ2n) is 4.47. The van der Waals surface area contributed by atoms with E-state index in [9.17, 15) is 14.4 Å². The maximum absolute atomic E-state index is 12.1. The lowest BCUT2D eigenvalue weighted by atomic mass is 10.1. The number of hydrogen-bond donors (Lipinski definition) is 0. The number of amides is 2. The largest absolute Gasteiger partial charge is 0.368 e. The van der Waals surface area contributed by atoms with Gasteiger partial charge < -0.3 is 4.84 Å². The Morgan fingerprint density at radius 2 is 1.82 bits per heavy atom. The average Bonchev–Trinajstić information content (AvgIpc) is 3.01. The Morgan fingerprint density at radius 1 is 1.23 bits per heavy atom. The van der Waals surface area contributed by atoms with Gasteiger partial charge in [0.2, 0.25) is 0 Å². The summed E-state index contributed by atoms with van der Waals surface area (Å²) in [6, 6.07) is 7.94. The summed E-state index contributed by atoms with van der Waals surface area (Å²) in [7, 11) is 1.48. The summed E-state index contributed by atoms with van der Waals surface area (Å²) in [6.07, 6.45) is 1.14. The molecule has 8 heteroatoms. The van der Waals surface area contributed by atoms with Crippen LogP contribution >= 0.6 is 0 Å². The monoisotopic (exact) mass is 296 g/mol. The highest BCUT2D eigenvalue weighted by atomic mass is 16.7. The molecule has 2 aromatic rings. The minimum atomic E-state index is -1.00. The maximum Gasteiger partial charge on any atom is 0.368 e. The van der Waals surface area contributed by atoms with Gasteiger partial charge in [-0.1, -0.05) is 17.2 Å². The summed E-state index contributed by atoms with van der Waals surface area (Å²) in [5.41, 5.74) is 0.169. The molecule has 0 bridgehead atoms. The van der Waals surface area contributed by atoms with Gasteiger partial charge in [-0.3, -0.25) is 14.3 Å². The highest BCUT2D eigenvalue weighted by Crippen LogP contribution is 2.23. The maximum atomic E-state index is 12.1. The summed E-state index contributed by atoms with van der Waals surface area (Å²) in [5, 5.41) is 13.1. The minimum Gasteiger partial charge on any atom is -0.324 e. The first-order valence-electron chi connectivity index (χ1n) is 6.16. The zero-order valence-corrected chi connectivity index (χ0v) is 11.3. The van der Waals surface area contributed by atoms with Crippen LogP contribution in [0.1, 0.15) is 36.8 Å². The molecule has 0 radical (unpaired) electrons. The van der Waals surface area contributed by atoms with Gasteiger partial charge in [0.25, 0.3) is 11.8 Å². The summed E-state index contributed by atoms with van der Waals surface area (Å²) >= 11 is 0. The molecule has 3 rings (SSSR count). The first-order chi connectivity index (χ1) is 10.5. The lowest BCUT2D eigenvalue weighted by Crippen LogP contribution is -2.32. The minimum absolute atomic E-state index is 0.0263. The Hall–Kier alpha value is -3.47. The molecule has 0 saturated carbocycles. The van der Waals surface area contributed by atoms with Crippen LogP contribution in [-0.2, 0) is 11.9 Å². The number of imide groups is 1. The Balaban J connectivity index is 1.89. The van der Waals surface area contributed by atoms with Crippen LogP contribution in [0.15, 0.2) is 30.5 Å². The number of hydrogen-bond acceptors (Lipinski definition) is 6. The molecule has 0 atom stereocenters. The Bertz CT molecular complexity index is 827. The van der Waals surface area contributed by atoms with Crippen molar-refractivity contribution in [2.75, 3.05) is 0 Å². The van der Waals surface area contributed by atoms with Crippen LogP contribution in [0, 0.1) is 11.3 Å². The van der Waals surface area contributed by atoms with Crippen LogP contribution < -0.4 is 0 Å². The van der Waals surface area contributed by atoms with Gasteiger partial charge in [-0.25, -0.2) is 4.79 Å². The molecule has 1 aromatic heterocycles. The summed E-state index contributed by atoms with van der Waals surface area (Å²) in [4.78, 5) is 41.1. The molecule has 22 heavy (non-hydrogen) atoms. The van der Waals surface area contributed by atoms with Gasteiger partial charge in [-0.15, -0.1) is 0 Å². The van der Waals surface area contributed by atoms with Crippen molar-refractivity contribution in [3.05, 3.63) is 52.8 Å². The van der Waals surface area contributed by atoms with Crippen molar-refractivity contribution in [3.63, 3.8) is 0 Å². The van der Waals surface area contributed by atoms with E-state index in [-0.39, 0.29) is 22.4 Å². The van der Waals surface area contributed by atoms with E-state index in [0.29, 0.717) is 5.06 Å². The standard InChI is InChI=1S/C14H8N4O4/c1-17-11(6-15)10(7-16-17)14(21)22-18-12(19)8-4-2-3-5-9(8)13(18)20/h2-5,7H,1H3. The van der Waals surface area contributed by atoms with Crippen LogP contribution in [0.25, 0.3) is 0 Å². The van der Waals surface area contributed by atoms with E-state index in [4.69, 9.17) is 10.1 Å². The predicted octanol–water partition coefficient (Wildman–Crippen LogP) is 0.660. The third kappa shape index (κ3) is 1.84. The zero-order valence-electron chi connectivity index (χ0n) is 11.3. The molecule has 0 saturated heterocycles. The fourth-order valence-electron chi connectivity index (χ4n) is 2.10. The van der Waals surface area contributed by atoms with Crippen molar-refractivity contribution in [3.8, 4) is 6.07 Å². The number of hydroxylamine groups is 2. The number of carbonyl (C=O) groups excluding carboxylic acids is 3. The molecular weight excluding hydrogens is 288 g/mol. The highest BCUT2D eigenvalue weighted by molar-refractivity contribution is 6.21. The van der Waals surface area contributed by atoms with Gasteiger partial charge in [-0.2, -0.15) is 10.4 Å². The molecule has 8 nitrogen and oxygen atoms in total. The molecule has 1 aromatic carbocycles. The lowest BCUT2D eigenvalue weighted by molar-refractivity contribution is -0.0584. The van der Waals surface area contributed by atoms with E-state index in [2.05, 4.69) is 5.10 Å². The molecule has 0 spiro atoms. The van der Waals surface area contributed by atoms with Gasteiger partial charge in [0, 0.05) is 7.05 Å². The van der Waals surface area contributed by atoms with Gasteiger partial charge in [0.1, 0.15) is 11.6 Å². The first kappa shape index (κ1) is 13.5. The Morgan fingerprint density at radius 3 is 2.36 bits per heavy atom. The normalized spacial score (nSPS) is 13.0. The Labute approximate surface area is 124 Å². The summed E-state index contributed by atoms with van der Waals surface area (Å²) in [5.74, 6) is -2.45. The fraction of sp³-hybridized carbons (Fsp3) is 0.0714. The smallest absolute Gasteiger partial charge is 0.324 e. The van der Waals surface area contributed by atoms with Crippen molar-refractivity contribution in [1.82, 2.24) is 14.8 Å². The highest BCUT2D eigenvalue weighted by Gasteiger charge is 2.39. The van der Waals surface area contributed by atoms with Gasteiger partial charge >= 0.3 is 5.97 Å². The number of fused-ring (bicyclic) bond motifs is 1. The second-order valence-corrected chi connectivity index (χ2v) is 4.47. The van der Waals surface area contributed by atoms with Crippen molar-refractivity contribution in [1.29, 1.82) is 5.26 Å². The summed E-state index contributed by atoms with van der Waals surface area (Å²) < 4.78 is 1.19. The number of benzene rings is 1. The van der Waals surface area contributed by atoms with Crippen LogP contribution in [-0.4, -0.2) is 32.6 Å². The summed E-state index contributed by atoms with van der Waals surface area (Å²) in [6.45, 7) is 0. The number of aryl methyl sites for hydroxylation is 1. The zero-order chi connectivity index (χ0) is 15.9. The number of nitriles is 1. The van der Waals surface area contributed by atoms with Crippen LogP contribution in [0.4, 0.5) is 0 Å². The van der Waals surface area contributed by atoms with E-state index >= 15 is 0 Å². The van der Waals surface area contributed by atoms with Crippen LogP contribution in [0.5, 0.6) is 0 Å². The lowest BCUT2D eigenvalue weighted by Gasteiger charge is -2.11. The van der Waals surface area contributed by atoms with E-state index < -0.39 is 17.8 Å². The van der Waals surface area contributed by atoms with Crippen LogP contribution in [0.3, 0.4) is 0 Å². The quantitative estimate of drug-likeness (QED) is 0.754. The Kier molecular flexibility index (Phi) is 2.96. The van der Waals surface area contributed by atoms with E-state index in [1.807, 2.05) is 0 Å². The van der Waals surface area contributed by atoms with Gasteiger partial charge in [0.15, 0.2) is 5.69 Å². The predicted molar refractivity (Wildman–Crippen MR) is 70.3 cm³/mol. The van der Waals surface area contributed by atoms with Crippen molar-refractivity contribution >= 4 is 17.8 Å². The average molecular weight is 296 g/mol. The molecule has 0 aliphatic carbocycles. The van der Waals surface area contributed by atoms with E-state index in [1.54, 1.807) is 18.2 Å². The number of rotatable bonds is 2. The van der Waals surface area contributed by atoms with Crippen LogP contribution in [0.2, 0.25) is 0 Å². The molecule has 1 aliphatic heterocycles. The molecule has 0 N–H and O–H groups in total. The topological polar surface area (TPSA) is 105 Å². The van der Waals surface area contributed by atoms with E-state index in [1.165, 1.54) is 23.9 Å². The van der Waals surface area contributed by atoms with Gasteiger partial charge in [-0.05, 0) is 12.1 Å².